The van der Waals surface area contributed by atoms with Gasteiger partial charge in [-0.2, -0.15) is 0 Å². The molecule has 6 nitrogen and oxygen atoms in total. The molecule has 1 amide bonds. The molecule has 0 radical (unpaired) electrons. The summed E-state index contributed by atoms with van der Waals surface area (Å²) in [6.45, 7) is 0.568. The second-order valence-electron chi connectivity index (χ2n) is 9.97. The van der Waals surface area contributed by atoms with Crippen molar-refractivity contribution < 1.29 is 24.2 Å². The van der Waals surface area contributed by atoms with Crippen LogP contribution in [0.25, 0.3) is 0 Å². The molecule has 1 saturated carbocycles. The number of carbonyl (C=O) groups excluding carboxylic acids is 1. The summed E-state index contributed by atoms with van der Waals surface area (Å²) >= 11 is 0. The molecule has 0 saturated heterocycles. The third-order valence-electron chi connectivity index (χ3n) is 7.75. The van der Waals surface area contributed by atoms with Crippen LogP contribution in [0, 0.1) is 5.92 Å². The van der Waals surface area contributed by atoms with Gasteiger partial charge in [0, 0.05) is 18.5 Å². The van der Waals surface area contributed by atoms with Crippen molar-refractivity contribution >= 4 is 11.9 Å². The van der Waals surface area contributed by atoms with E-state index in [9.17, 15) is 14.7 Å². The number of rotatable bonds is 8. The van der Waals surface area contributed by atoms with Gasteiger partial charge in [-0.15, -0.1) is 0 Å². The number of fused-ring (bicyclic) bond motifs is 1. The summed E-state index contributed by atoms with van der Waals surface area (Å²) in [5.74, 6) is -0.0948. The third-order valence-corrected chi connectivity index (χ3v) is 7.75. The van der Waals surface area contributed by atoms with E-state index in [1.54, 1.807) is 12.0 Å². The number of ether oxygens (including phenoxy) is 2. The van der Waals surface area contributed by atoms with Crippen LogP contribution >= 0.6 is 0 Å². The van der Waals surface area contributed by atoms with Gasteiger partial charge in [-0.05, 0) is 41.5 Å². The molecular formula is C31H33NO5. The quantitative estimate of drug-likeness (QED) is 0.438. The Morgan fingerprint density at radius 3 is 2.30 bits per heavy atom. The van der Waals surface area contributed by atoms with E-state index in [-0.39, 0.29) is 30.7 Å². The Labute approximate surface area is 217 Å². The van der Waals surface area contributed by atoms with E-state index in [4.69, 9.17) is 9.47 Å². The lowest BCUT2D eigenvalue weighted by atomic mass is 9.82. The van der Waals surface area contributed by atoms with Gasteiger partial charge in [-0.1, -0.05) is 79.6 Å². The van der Waals surface area contributed by atoms with Gasteiger partial charge in [0.05, 0.1) is 13.0 Å². The average Bonchev–Trinajstić information content (AvgIpc) is 3.46. The molecule has 1 aliphatic heterocycles. The largest absolute Gasteiger partial charge is 0.493 e. The molecule has 1 fully saturated rings. The van der Waals surface area contributed by atoms with Crippen LogP contribution < -0.4 is 9.47 Å². The summed E-state index contributed by atoms with van der Waals surface area (Å²) in [6, 6.07) is 22.5. The van der Waals surface area contributed by atoms with Crippen LogP contribution in [0.2, 0.25) is 0 Å². The van der Waals surface area contributed by atoms with Gasteiger partial charge in [0.15, 0.2) is 11.5 Å². The summed E-state index contributed by atoms with van der Waals surface area (Å²) in [5.41, 5.74) is 3.67. The first-order valence-corrected chi connectivity index (χ1v) is 13.0. The van der Waals surface area contributed by atoms with Crippen molar-refractivity contribution in [1.82, 2.24) is 4.90 Å². The Balaban J connectivity index is 1.48. The summed E-state index contributed by atoms with van der Waals surface area (Å²) in [6.07, 6.45) is 4.36. The topological polar surface area (TPSA) is 76.1 Å². The molecule has 0 spiro atoms. The van der Waals surface area contributed by atoms with Gasteiger partial charge in [-0.25, -0.2) is 4.79 Å². The van der Waals surface area contributed by atoms with Crippen LogP contribution in [0.15, 0.2) is 72.8 Å². The van der Waals surface area contributed by atoms with Gasteiger partial charge in [0.2, 0.25) is 5.91 Å². The Morgan fingerprint density at radius 1 is 0.973 bits per heavy atom. The van der Waals surface area contributed by atoms with E-state index in [0.29, 0.717) is 18.1 Å². The molecular weight excluding hydrogens is 466 g/mol. The molecule has 37 heavy (non-hydrogen) atoms. The van der Waals surface area contributed by atoms with Gasteiger partial charge in [0.1, 0.15) is 12.6 Å². The summed E-state index contributed by atoms with van der Waals surface area (Å²) in [5, 5.41) is 10.3. The minimum absolute atomic E-state index is 0.0984. The van der Waals surface area contributed by atoms with Crippen molar-refractivity contribution in [2.75, 3.05) is 7.11 Å². The smallest absolute Gasteiger partial charge is 0.326 e. The lowest BCUT2D eigenvalue weighted by Gasteiger charge is -2.38. The number of carboxylic acid groups (broad SMARTS) is 1. The first kappa shape index (κ1) is 24.9. The molecule has 1 heterocycles. The van der Waals surface area contributed by atoms with Crippen LogP contribution in [-0.2, 0) is 29.2 Å². The van der Waals surface area contributed by atoms with Crippen molar-refractivity contribution in [3.8, 4) is 11.5 Å². The number of aliphatic carboxylic acids is 1. The number of amides is 1. The normalized spacial score (nSPS) is 18.2. The standard InChI is InChI=1S/C31H33NO5/c1-36-27-17-16-24-19-32(30(33)28(23-14-8-9-15-23)22-12-6-3-7-13-22)26(31(34)35)18-25(24)29(27)37-20-21-10-4-2-5-11-21/h2-7,10-13,16-17,23,26,28H,8-9,14-15,18-20H2,1H3,(H,34,35)/t26-,28?/m0/s1. The monoisotopic (exact) mass is 499 g/mol. The number of methoxy groups -OCH3 is 1. The highest BCUT2D eigenvalue weighted by Gasteiger charge is 2.42. The molecule has 0 bridgehead atoms. The Bertz CT molecular complexity index is 1240. The molecule has 2 aliphatic rings. The lowest BCUT2D eigenvalue weighted by Crippen LogP contribution is -2.51. The van der Waals surface area contributed by atoms with Gasteiger partial charge >= 0.3 is 5.97 Å². The molecule has 2 atom stereocenters. The number of carboxylic acids is 1. The van der Waals surface area contributed by atoms with Crippen LogP contribution in [0.4, 0.5) is 0 Å². The Morgan fingerprint density at radius 2 is 1.65 bits per heavy atom. The SMILES string of the molecule is COc1ccc2c(c1OCc1ccccc1)C[C@@H](C(=O)O)N(C(=O)C(c1ccccc1)C1CCCC1)C2. The molecule has 1 unspecified atom stereocenters. The molecule has 192 valence electrons. The van der Waals surface area contributed by atoms with Gasteiger partial charge < -0.3 is 19.5 Å². The second kappa shape index (κ2) is 11.1. The minimum Gasteiger partial charge on any atom is -0.493 e. The molecule has 3 aromatic carbocycles. The summed E-state index contributed by atoms with van der Waals surface area (Å²) in [7, 11) is 1.58. The maximum Gasteiger partial charge on any atom is 0.326 e. The van der Waals surface area contributed by atoms with Crippen molar-refractivity contribution in [2.24, 2.45) is 5.92 Å². The van der Waals surface area contributed by atoms with Crippen molar-refractivity contribution in [2.45, 2.75) is 57.2 Å². The molecule has 0 aromatic heterocycles. The van der Waals surface area contributed by atoms with Crippen LogP contribution in [-0.4, -0.2) is 35.0 Å². The van der Waals surface area contributed by atoms with E-state index in [0.717, 1.165) is 47.9 Å². The first-order chi connectivity index (χ1) is 18.1. The lowest BCUT2D eigenvalue weighted by molar-refractivity contribution is -0.152. The van der Waals surface area contributed by atoms with Crippen molar-refractivity contribution in [1.29, 1.82) is 0 Å². The Hall–Kier alpha value is -3.80. The fourth-order valence-electron chi connectivity index (χ4n) is 5.86. The second-order valence-corrected chi connectivity index (χ2v) is 9.97. The predicted molar refractivity (Wildman–Crippen MR) is 141 cm³/mol. The molecule has 6 heteroatoms. The zero-order chi connectivity index (χ0) is 25.8. The molecule has 5 rings (SSSR count). The van der Waals surface area contributed by atoms with Crippen molar-refractivity contribution in [3.63, 3.8) is 0 Å². The number of carbonyl (C=O) groups is 2. The van der Waals surface area contributed by atoms with E-state index in [1.165, 1.54) is 0 Å². The number of hydrogen-bond donors (Lipinski definition) is 1. The minimum atomic E-state index is -1.01. The predicted octanol–water partition coefficient (Wildman–Crippen LogP) is 5.59. The van der Waals surface area contributed by atoms with Crippen molar-refractivity contribution in [3.05, 3.63) is 95.1 Å². The van der Waals surface area contributed by atoms with Crippen LogP contribution in [0.3, 0.4) is 0 Å². The maximum atomic E-state index is 14.1. The van der Waals surface area contributed by atoms with E-state index in [2.05, 4.69) is 0 Å². The average molecular weight is 500 g/mol. The highest BCUT2D eigenvalue weighted by molar-refractivity contribution is 5.89. The van der Waals surface area contributed by atoms with E-state index >= 15 is 0 Å². The number of nitrogens with zero attached hydrogens (tertiary/aromatic N) is 1. The third kappa shape index (κ3) is 5.19. The summed E-state index contributed by atoms with van der Waals surface area (Å²) < 4.78 is 11.8. The van der Waals surface area contributed by atoms with Crippen LogP contribution in [0.5, 0.6) is 11.5 Å². The zero-order valence-corrected chi connectivity index (χ0v) is 21.1. The Kier molecular flexibility index (Phi) is 7.45. The molecule has 1 aliphatic carbocycles. The fraction of sp³-hybridized carbons (Fsp3) is 0.355. The summed E-state index contributed by atoms with van der Waals surface area (Å²) in [4.78, 5) is 28.3. The highest BCUT2D eigenvalue weighted by atomic mass is 16.5. The van der Waals surface area contributed by atoms with Gasteiger partial charge in [0.25, 0.3) is 0 Å². The maximum absolute atomic E-state index is 14.1. The number of hydrogen-bond acceptors (Lipinski definition) is 4. The van der Waals surface area contributed by atoms with E-state index < -0.39 is 12.0 Å². The zero-order valence-electron chi connectivity index (χ0n) is 21.1. The highest BCUT2D eigenvalue weighted by Crippen LogP contribution is 2.42. The van der Waals surface area contributed by atoms with Gasteiger partial charge in [-0.3, -0.25) is 4.79 Å². The first-order valence-electron chi connectivity index (χ1n) is 13.0. The fourth-order valence-corrected chi connectivity index (χ4v) is 5.86. The molecule has 3 aromatic rings. The number of benzene rings is 3. The van der Waals surface area contributed by atoms with Crippen LogP contribution in [0.1, 0.15) is 53.9 Å². The molecule has 1 N–H and O–H groups in total. The van der Waals surface area contributed by atoms with E-state index in [1.807, 2.05) is 72.8 Å².